The van der Waals surface area contributed by atoms with Gasteiger partial charge in [0.1, 0.15) is 11.9 Å². The van der Waals surface area contributed by atoms with E-state index < -0.39 is 11.7 Å². The van der Waals surface area contributed by atoms with Crippen LogP contribution in [0, 0.1) is 6.92 Å². The van der Waals surface area contributed by atoms with Crippen LogP contribution in [-0.4, -0.2) is 23.0 Å². The van der Waals surface area contributed by atoms with Gasteiger partial charge >= 0.3 is 6.09 Å². The molecule has 0 aliphatic heterocycles. The first-order valence-electron chi connectivity index (χ1n) is 6.20. The summed E-state index contributed by atoms with van der Waals surface area (Å²) in [5.74, 6) is 0. The van der Waals surface area contributed by atoms with Crippen molar-refractivity contribution in [3.8, 4) is 0 Å². The predicted octanol–water partition coefficient (Wildman–Crippen LogP) is 3.03. The Morgan fingerprint density at radius 2 is 2.11 bits per heavy atom. The van der Waals surface area contributed by atoms with E-state index in [2.05, 4.69) is 10.3 Å². The molecule has 1 aromatic heterocycles. The van der Waals surface area contributed by atoms with Crippen molar-refractivity contribution in [3.05, 3.63) is 10.6 Å². The first kappa shape index (κ1) is 14.0. The van der Waals surface area contributed by atoms with Crippen LogP contribution in [0.5, 0.6) is 0 Å². The molecule has 5 nitrogen and oxygen atoms in total. The van der Waals surface area contributed by atoms with E-state index in [0.717, 1.165) is 29.7 Å². The highest BCUT2D eigenvalue weighted by Crippen LogP contribution is 2.50. The molecule has 0 bridgehead atoms. The Hall–Kier alpha value is -1.43. The minimum atomic E-state index is -0.542. The third-order valence-electron chi connectivity index (χ3n) is 2.87. The van der Waals surface area contributed by atoms with Crippen LogP contribution in [0.25, 0.3) is 0 Å². The molecular weight excluding hydrogens is 264 g/mol. The smallest absolute Gasteiger partial charge is 0.413 e. The van der Waals surface area contributed by atoms with E-state index in [1.807, 2.05) is 6.92 Å². The molecule has 1 amide bonds. The van der Waals surface area contributed by atoms with E-state index in [4.69, 9.17) is 4.74 Å². The topological polar surface area (TPSA) is 68.3 Å². The van der Waals surface area contributed by atoms with Gasteiger partial charge in [-0.2, -0.15) is 0 Å². The van der Waals surface area contributed by atoms with Crippen LogP contribution in [0.2, 0.25) is 0 Å². The number of hydrogen-bond acceptors (Lipinski definition) is 5. The molecule has 1 N–H and O–H groups in total. The molecular formula is C13H18N2O3S. The minimum Gasteiger partial charge on any atom is -0.444 e. The summed E-state index contributed by atoms with van der Waals surface area (Å²) in [5, 5.41) is 3.10. The lowest BCUT2D eigenvalue weighted by Gasteiger charge is -2.18. The Morgan fingerprint density at radius 3 is 2.58 bits per heavy atom. The normalized spacial score (nSPS) is 16.8. The summed E-state index contributed by atoms with van der Waals surface area (Å²) in [5.41, 5.74) is -0.0873. The molecule has 1 aliphatic carbocycles. The number of nitrogens with zero attached hydrogens (tertiary/aromatic N) is 1. The average molecular weight is 282 g/mol. The van der Waals surface area contributed by atoms with Crippen molar-refractivity contribution in [1.29, 1.82) is 0 Å². The summed E-state index contributed by atoms with van der Waals surface area (Å²) >= 11 is 1.35. The van der Waals surface area contributed by atoms with Gasteiger partial charge in [-0.3, -0.25) is 5.32 Å². The van der Waals surface area contributed by atoms with Gasteiger partial charge in [-0.25, -0.2) is 9.78 Å². The molecule has 1 aromatic rings. The van der Waals surface area contributed by atoms with Crippen LogP contribution < -0.4 is 5.32 Å². The van der Waals surface area contributed by atoms with Crippen molar-refractivity contribution in [3.63, 3.8) is 0 Å². The maximum Gasteiger partial charge on any atom is 0.413 e. The van der Waals surface area contributed by atoms with Crippen molar-refractivity contribution >= 4 is 28.8 Å². The molecule has 19 heavy (non-hydrogen) atoms. The standard InChI is InChI=1S/C13H18N2O3S/c1-8-9(13(7-16)5-6-13)19-10(14-8)15-11(17)18-12(2,3)4/h7H,5-6H2,1-4H3,(H,14,15,17). The second-order valence-electron chi connectivity index (χ2n) is 5.83. The van der Waals surface area contributed by atoms with Crippen LogP contribution >= 0.6 is 11.3 Å². The van der Waals surface area contributed by atoms with E-state index >= 15 is 0 Å². The SMILES string of the molecule is Cc1nc(NC(=O)OC(C)(C)C)sc1C1(C=O)CC1. The summed E-state index contributed by atoms with van der Waals surface area (Å²) < 4.78 is 5.17. The highest BCUT2D eigenvalue weighted by Gasteiger charge is 2.47. The van der Waals surface area contributed by atoms with Crippen molar-refractivity contribution in [1.82, 2.24) is 4.98 Å². The summed E-state index contributed by atoms with van der Waals surface area (Å²) in [7, 11) is 0. The van der Waals surface area contributed by atoms with Gasteiger partial charge in [-0.15, -0.1) is 11.3 Å². The Morgan fingerprint density at radius 1 is 1.47 bits per heavy atom. The molecule has 0 radical (unpaired) electrons. The Bertz CT molecular complexity index is 512. The van der Waals surface area contributed by atoms with Crippen LogP contribution in [0.4, 0.5) is 9.93 Å². The molecule has 0 aromatic carbocycles. The van der Waals surface area contributed by atoms with Gasteiger partial charge in [-0.05, 0) is 40.5 Å². The van der Waals surface area contributed by atoms with Crippen LogP contribution in [0.15, 0.2) is 0 Å². The molecule has 1 fully saturated rings. The number of carbonyl (C=O) groups excluding carboxylic acids is 2. The molecule has 1 saturated carbocycles. The lowest BCUT2D eigenvalue weighted by Crippen LogP contribution is -2.27. The van der Waals surface area contributed by atoms with Gasteiger partial charge in [-0.1, -0.05) is 0 Å². The Balaban J connectivity index is 2.09. The van der Waals surface area contributed by atoms with Crippen molar-refractivity contribution in [2.24, 2.45) is 0 Å². The fourth-order valence-electron chi connectivity index (χ4n) is 1.84. The number of hydrogen-bond donors (Lipinski definition) is 1. The minimum absolute atomic E-state index is 0.352. The number of aldehydes is 1. The van der Waals surface area contributed by atoms with Gasteiger partial charge in [0.2, 0.25) is 0 Å². The summed E-state index contributed by atoms with van der Waals surface area (Å²) in [6, 6.07) is 0. The van der Waals surface area contributed by atoms with Gasteiger partial charge in [0, 0.05) is 4.88 Å². The van der Waals surface area contributed by atoms with E-state index in [0.29, 0.717) is 5.13 Å². The number of amides is 1. The third kappa shape index (κ3) is 3.12. The average Bonchev–Trinajstić information content (AvgIpc) is 2.96. The zero-order valence-corrected chi connectivity index (χ0v) is 12.4. The summed E-state index contributed by atoms with van der Waals surface area (Å²) in [6.07, 6.45) is 2.20. The van der Waals surface area contributed by atoms with Crippen LogP contribution in [0.1, 0.15) is 44.2 Å². The highest BCUT2D eigenvalue weighted by atomic mass is 32.1. The number of anilines is 1. The fraction of sp³-hybridized carbons (Fsp3) is 0.615. The molecule has 6 heteroatoms. The van der Waals surface area contributed by atoms with E-state index in [1.54, 1.807) is 20.8 Å². The molecule has 0 saturated heterocycles. The van der Waals surface area contributed by atoms with Gasteiger partial charge < -0.3 is 9.53 Å². The first-order valence-corrected chi connectivity index (χ1v) is 7.02. The summed E-state index contributed by atoms with van der Waals surface area (Å²) in [4.78, 5) is 28.0. The molecule has 1 heterocycles. The number of nitrogens with one attached hydrogen (secondary N) is 1. The summed E-state index contributed by atoms with van der Waals surface area (Å²) in [6.45, 7) is 7.26. The zero-order valence-electron chi connectivity index (χ0n) is 11.6. The zero-order chi connectivity index (χ0) is 14.3. The molecule has 0 atom stereocenters. The van der Waals surface area contributed by atoms with Gasteiger partial charge in [0.25, 0.3) is 0 Å². The molecule has 1 aliphatic rings. The van der Waals surface area contributed by atoms with Crippen molar-refractivity contribution < 1.29 is 14.3 Å². The first-order chi connectivity index (χ1) is 8.76. The lowest BCUT2D eigenvalue weighted by atomic mass is 10.1. The molecule has 104 valence electrons. The van der Waals surface area contributed by atoms with Gasteiger partial charge in [0.05, 0.1) is 11.1 Å². The number of aromatic nitrogens is 1. The van der Waals surface area contributed by atoms with E-state index in [-0.39, 0.29) is 5.41 Å². The number of carbonyl (C=O) groups is 2. The predicted molar refractivity (Wildman–Crippen MR) is 73.7 cm³/mol. The maximum atomic E-state index is 11.6. The quantitative estimate of drug-likeness (QED) is 0.865. The van der Waals surface area contributed by atoms with E-state index in [9.17, 15) is 9.59 Å². The highest BCUT2D eigenvalue weighted by molar-refractivity contribution is 7.16. The van der Waals surface area contributed by atoms with Crippen LogP contribution in [-0.2, 0) is 14.9 Å². The maximum absolute atomic E-state index is 11.6. The van der Waals surface area contributed by atoms with Gasteiger partial charge in [0.15, 0.2) is 5.13 Å². The Labute approximate surface area is 116 Å². The second kappa shape index (κ2) is 4.59. The Kier molecular flexibility index (Phi) is 3.38. The monoisotopic (exact) mass is 282 g/mol. The third-order valence-corrected chi connectivity index (χ3v) is 4.16. The largest absolute Gasteiger partial charge is 0.444 e. The van der Waals surface area contributed by atoms with E-state index in [1.165, 1.54) is 11.3 Å². The number of thiazole rings is 1. The molecule has 0 spiro atoms. The molecule has 0 unspecified atom stereocenters. The lowest BCUT2D eigenvalue weighted by molar-refractivity contribution is -0.109. The fourth-order valence-corrected chi connectivity index (χ4v) is 2.99. The van der Waals surface area contributed by atoms with Crippen molar-refractivity contribution in [2.75, 3.05) is 5.32 Å². The van der Waals surface area contributed by atoms with Crippen molar-refractivity contribution in [2.45, 2.75) is 51.6 Å². The second-order valence-corrected chi connectivity index (χ2v) is 6.83. The number of rotatable bonds is 3. The van der Waals surface area contributed by atoms with Crippen LogP contribution in [0.3, 0.4) is 0 Å². The number of aryl methyl sites for hydroxylation is 1. The number of ether oxygens (including phenoxy) is 1. The molecule has 2 rings (SSSR count).